The molecule has 5 nitrogen and oxygen atoms in total. The first-order chi connectivity index (χ1) is 13.5. The molecule has 3 rings (SSSR count). The van der Waals surface area contributed by atoms with Gasteiger partial charge in [0.15, 0.2) is 5.15 Å². The van der Waals surface area contributed by atoms with Gasteiger partial charge in [-0.2, -0.15) is 10.2 Å². The van der Waals surface area contributed by atoms with E-state index in [0.717, 1.165) is 17.1 Å². The van der Waals surface area contributed by atoms with Gasteiger partial charge in [-0.25, -0.2) is 10.1 Å². The molecule has 0 bridgehead atoms. The summed E-state index contributed by atoms with van der Waals surface area (Å²) in [5.74, 6) is 0.963. The third-order valence-electron chi connectivity index (χ3n) is 4.12. The van der Waals surface area contributed by atoms with Gasteiger partial charge in [-0.05, 0) is 31.5 Å². The lowest BCUT2D eigenvalue weighted by Gasteiger charge is -2.03. The Morgan fingerprint density at radius 3 is 2.61 bits per heavy atom. The standard InChI is InChI=1S/C21H21ClN4OS/c1-15-8-10-17(11-9-15)13-28-14-20(27)24-23-12-19-16(2)26(25-21(19)22)18-6-4-3-5-7-18/h3-12H,13-14H2,1-2H3,(H,24,27)/b23-12-. The van der Waals surface area contributed by atoms with Crippen LogP contribution in [0.3, 0.4) is 0 Å². The number of carbonyl (C=O) groups excluding carboxylic acids is 1. The summed E-state index contributed by atoms with van der Waals surface area (Å²) in [6, 6.07) is 18.0. The molecular formula is C21H21ClN4OS. The van der Waals surface area contributed by atoms with Gasteiger partial charge in [0.2, 0.25) is 5.91 Å². The minimum atomic E-state index is -0.155. The quantitative estimate of drug-likeness (QED) is 0.458. The second-order valence-electron chi connectivity index (χ2n) is 6.31. The lowest BCUT2D eigenvalue weighted by Crippen LogP contribution is -2.19. The van der Waals surface area contributed by atoms with Gasteiger partial charge in [0.05, 0.1) is 28.9 Å². The lowest BCUT2D eigenvalue weighted by atomic mass is 10.2. The third-order valence-corrected chi connectivity index (χ3v) is 5.41. The molecule has 1 amide bonds. The monoisotopic (exact) mass is 412 g/mol. The van der Waals surface area contributed by atoms with Crippen molar-refractivity contribution in [1.29, 1.82) is 0 Å². The highest BCUT2D eigenvalue weighted by Crippen LogP contribution is 2.20. The van der Waals surface area contributed by atoms with E-state index < -0.39 is 0 Å². The van der Waals surface area contributed by atoms with Crippen molar-refractivity contribution >= 4 is 35.5 Å². The van der Waals surface area contributed by atoms with E-state index in [0.29, 0.717) is 16.5 Å². The Kier molecular flexibility index (Phi) is 6.90. The first-order valence-corrected chi connectivity index (χ1v) is 10.3. The Balaban J connectivity index is 1.53. The van der Waals surface area contributed by atoms with Gasteiger partial charge in [-0.1, -0.05) is 59.6 Å². The van der Waals surface area contributed by atoms with Gasteiger partial charge in [0.1, 0.15) is 0 Å². The Morgan fingerprint density at radius 1 is 1.18 bits per heavy atom. The summed E-state index contributed by atoms with van der Waals surface area (Å²) < 4.78 is 1.75. The van der Waals surface area contributed by atoms with E-state index in [1.807, 2.05) is 37.3 Å². The van der Waals surface area contributed by atoms with E-state index in [4.69, 9.17) is 11.6 Å². The summed E-state index contributed by atoms with van der Waals surface area (Å²) in [4.78, 5) is 12.0. The average Bonchev–Trinajstić information content (AvgIpc) is 2.98. The molecule has 0 aliphatic heterocycles. The van der Waals surface area contributed by atoms with E-state index in [1.165, 1.54) is 17.3 Å². The zero-order chi connectivity index (χ0) is 19.9. The fraction of sp³-hybridized carbons (Fsp3) is 0.190. The second-order valence-corrected chi connectivity index (χ2v) is 7.65. The number of aromatic nitrogens is 2. The topological polar surface area (TPSA) is 59.3 Å². The zero-order valence-corrected chi connectivity index (χ0v) is 17.3. The van der Waals surface area contributed by atoms with Crippen molar-refractivity contribution in [2.24, 2.45) is 5.10 Å². The van der Waals surface area contributed by atoms with Gasteiger partial charge >= 0.3 is 0 Å². The molecule has 0 unspecified atom stereocenters. The number of nitrogens with one attached hydrogen (secondary N) is 1. The molecule has 2 aromatic carbocycles. The maximum absolute atomic E-state index is 12.0. The van der Waals surface area contributed by atoms with Gasteiger partial charge in [0.25, 0.3) is 0 Å². The van der Waals surface area contributed by atoms with Crippen molar-refractivity contribution < 1.29 is 4.79 Å². The predicted molar refractivity (Wildman–Crippen MR) is 116 cm³/mol. The van der Waals surface area contributed by atoms with Gasteiger partial charge in [-0.15, -0.1) is 11.8 Å². The summed E-state index contributed by atoms with van der Waals surface area (Å²) >= 11 is 7.78. The van der Waals surface area contributed by atoms with Crippen LogP contribution in [0.4, 0.5) is 0 Å². The highest BCUT2D eigenvalue weighted by Gasteiger charge is 2.12. The van der Waals surface area contributed by atoms with Crippen molar-refractivity contribution in [2.75, 3.05) is 5.75 Å². The number of hydrogen-bond acceptors (Lipinski definition) is 4. The number of carbonyl (C=O) groups is 1. The van der Waals surface area contributed by atoms with Gasteiger partial charge in [-0.3, -0.25) is 4.79 Å². The molecule has 1 N–H and O–H groups in total. The molecule has 0 radical (unpaired) electrons. The third kappa shape index (κ3) is 5.24. The molecule has 1 heterocycles. The molecule has 3 aromatic rings. The minimum Gasteiger partial charge on any atom is -0.272 e. The maximum Gasteiger partial charge on any atom is 0.250 e. The number of para-hydroxylation sites is 1. The summed E-state index contributed by atoms with van der Waals surface area (Å²) in [7, 11) is 0. The Morgan fingerprint density at radius 2 is 1.89 bits per heavy atom. The summed E-state index contributed by atoms with van der Waals surface area (Å²) in [5, 5.41) is 8.71. The van der Waals surface area contributed by atoms with Crippen LogP contribution in [-0.2, 0) is 10.5 Å². The predicted octanol–water partition coefficient (Wildman–Crippen LogP) is 4.53. The molecule has 0 aliphatic rings. The smallest absolute Gasteiger partial charge is 0.250 e. The highest BCUT2D eigenvalue weighted by molar-refractivity contribution is 7.99. The molecule has 28 heavy (non-hydrogen) atoms. The minimum absolute atomic E-state index is 0.155. The lowest BCUT2D eigenvalue weighted by molar-refractivity contribution is -0.118. The number of thioether (sulfide) groups is 1. The van der Waals surface area contributed by atoms with Crippen LogP contribution >= 0.6 is 23.4 Å². The van der Waals surface area contributed by atoms with Crippen LogP contribution in [0.1, 0.15) is 22.4 Å². The van der Waals surface area contributed by atoms with Crippen LogP contribution in [0.5, 0.6) is 0 Å². The van der Waals surface area contributed by atoms with Crippen LogP contribution in [0.25, 0.3) is 5.69 Å². The maximum atomic E-state index is 12.0. The van der Waals surface area contributed by atoms with E-state index >= 15 is 0 Å². The van der Waals surface area contributed by atoms with Crippen molar-refractivity contribution in [3.8, 4) is 5.69 Å². The van der Waals surface area contributed by atoms with E-state index in [9.17, 15) is 4.79 Å². The molecule has 0 saturated carbocycles. The number of hydrogen-bond donors (Lipinski definition) is 1. The van der Waals surface area contributed by atoms with Crippen LogP contribution in [0.15, 0.2) is 59.7 Å². The molecule has 1 aromatic heterocycles. The van der Waals surface area contributed by atoms with Crippen molar-refractivity contribution in [1.82, 2.24) is 15.2 Å². The molecule has 7 heteroatoms. The summed E-state index contributed by atoms with van der Waals surface area (Å²) in [5.41, 5.74) is 7.41. The molecule has 0 atom stereocenters. The van der Waals surface area contributed by atoms with Crippen LogP contribution < -0.4 is 5.43 Å². The van der Waals surface area contributed by atoms with Crippen molar-refractivity contribution in [2.45, 2.75) is 19.6 Å². The molecule has 0 saturated heterocycles. The molecule has 0 aliphatic carbocycles. The number of aryl methyl sites for hydroxylation is 1. The molecule has 144 valence electrons. The molecular weight excluding hydrogens is 392 g/mol. The van der Waals surface area contributed by atoms with Gasteiger partial charge < -0.3 is 0 Å². The number of hydrazone groups is 1. The SMILES string of the molecule is Cc1ccc(CSCC(=O)N/N=C\c2c(Cl)nn(-c3ccccc3)c2C)cc1. The Bertz CT molecular complexity index is 968. The first-order valence-electron chi connectivity index (χ1n) is 8.80. The Hall–Kier alpha value is -2.57. The number of halogens is 1. The summed E-state index contributed by atoms with van der Waals surface area (Å²) in [6.45, 7) is 3.96. The van der Waals surface area contributed by atoms with Crippen molar-refractivity contribution in [3.05, 3.63) is 82.1 Å². The van der Waals surface area contributed by atoms with E-state index in [-0.39, 0.29) is 5.91 Å². The largest absolute Gasteiger partial charge is 0.272 e. The molecule has 0 fully saturated rings. The number of benzene rings is 2. The van der Waals surface area contributed by atoms with Gasteiger partial charge in [0, 0.05) is 5.75 Å². The highest BCUT2D eigenvalue weighted by atomic mass is 35.5. The Labute approximate surface area is 173 Å². The fourth-order valence-electron chi connectivity index (χ4n) is 2.59. The number of amides is 1. The number of nitrogens with zero attached hydrogens (tertiary/aromatic N) is 3. The van der Waals surface area contributed by atoms with Crippen molar-refractivity contribution in [3.63, 3.8) is 0 Å². The number of rotatable bonds is 7. The second kappa shape index (κ2) is 9.57. The summed E-state index contributed by atoms with van der Waals surface area (Å²) in [6.07, 6.45) is 1.53. The first kappa shape index (κ1) is 20.2. The average molecular weight is 413 g/mol. The zero-order valence-electron chi connectivity index (χ0n) is 15.7. The van der Waals surface area contributed by atoms with Crippen LogP contribution in [0.2, 0.25) is 5.15 Å². The fourth-order valence-corrected chi connectivity index (χ4v) is 3.64. The van der Waals surface area contributed by atoms with Crippen LogP contribution in [-0.4, -0.2) is 27.7 Å². The van der Waals surface area contributed by atoms with E-state index in [1.54, 1.807) is 16.4 Å². The van der Waals surface area contributed by atoms with E-state index in [2.05, 4.69) is 46.8 Å². The normalized spacial score (nSPS) is 11.1. The molecule has 0 spiro atoms. The van der Waals surface area contributed by atoms with Crippen LogP contribution in [0, 0.1) is 13.8 Å².